The lowest BCUT2D eigenvalue weighted by atomic mass is 9.86. The van der Waals surface area contributed by atoms with Gasteiger partial charge in [-0.2, -0.15) is 5.26 Å². The van der Waals surface area contributed by atoms with Crippen LogP contribution in [0.4, 0.5) is 0 Å². The van der Waals surface area contributed by atoms with Crippen LogP contribution in [0.1, 0.15) is 35.5 Å². The van der Waals surface area contributed by atoms with E-state index in [4.69, 9.17) is 5.26 Å². The monoisotopic (exact) mass is 268 g/mol. The van der Waals surface area contributed by atoms with E-state index in [1.54, 1.807) is 12.1 Å². The van der Waals surface area contributed by atoms with E-state index in [-0.39, 0.29) is 11.3 Å². The molecule has 0 spiro atoms. The minimum atomic E-state index is -0.238. The highest BCUT2D eigenvalue weighted by Gasteiger charge is 2.22. The van der Waals surface area contributed by atoms with E-state index in [1.807, 2.05) is 24.5 Å². The molecule has 2 aromatic rings. The molecule has 2 aromatic heterocycles. The fourth-order valence-electron chi connectivity index (χ4n) is 1.83. The second-order valence-corrected chi connectivity index (χ2v) is 5.21. The van der Waals surface area contributed by atoms with E-state index in [0.717, 1.165) is 5.56 Å². The van der Waals surface area contributed by atoms with Crippen LogP contribution >= 0.6 is 0 Å². The zero-order chi connectivity index (χ0) is 14.6. The summed E-state index contributed by atoms with van der Waals surface area (Å²) in [6.07, 6.45) is 5.18. The highest BCUT2D eigenvalue weighted by molar-refractivity contribution is 5.92. The third-order valence-corrected chi connectivity index (χ3v) is 3.20. The number of hydrogen-bond donors (Lipinski definition) is 2. The van der Waals surface area contributed by atoms with Gasteiger partial charge in [0.05, 0.1) is 5.56 Å². The number of nitrogens with zero attached hydrogens (tertiary/aromatic N) is 2. The van der Waals surface area contributed by atoms with Gasteiger partial charge in [-0.3, -0.25) is 4.79 Å². The van der Waals surface area contributed by atoms with Gasteiger partial charge in [-0.15, -0.1) is 0 Å². The van der Waals surface area contributed by atoms with Crippen molar-refractivity contribution < 1.29 is 4.79 Å². The molecule has 2 heterocycles. The first-order chi connectivity index (χ1) is 9.53. The first-order valence-corrected chi connectivity index (χ1v) is 6.30. The Labute approximate surface area is 117 Å². The first-order valence-electron chi connectivity index (χ1n) is 6.30. The number of H-pyrrole nitrogens is 1. The van der Waals surface area contributed by atoms with Crippen molar-refractivity contribution in [2.75, 3.05) is 6.54 Å². The van der Waals surface area contributed by atoms with Gasteiger partial charge in [0.1, 0.15) is 11.8 Å². The Hall–Kier alpha value is -2.61. The Morgan fingerprint density at radius 3 is 2.80 bits per heavy atom. The largest absolute Gasteiger partial charge is 0.367 e. The van der Waals surface area contributed by atoms with Gasteiger partial charge in [-0.1, -0.05) is 13.8 Å². The van der Waals surface area contributed by atoms with Crippen LogP contribution in [0, 0.1) is 11.3 Å². The van der Waals surface area contributed by atoms with Crippen LogP contribution in [0.25, 0.3) is 0 Å². The number of hydrogen-bond acceptors (Lipinski definition) is 3. The predicted octanol–water partition coefficient (Wildman–Crippen LogP) is 1.99. The minimum Gasteiger partial charge on any atom is -0.367 e. The van der Waals surface area contributed by atoms with E-state index in [0.29, 0.717) is 17.8 Å². The SMILES string of the molecule is CC(C)(CNC(=O)c1ccc(C#N)cn1)c1cc[nH]c1. The molecule has 2 N–H and O–H groups in total. The summed E-state index contributed by atoms with van der Waals surface area (Å²) in [5.41, 5.74) is 1.72. The lowest BCUT2D eigenvalue weighted by Gasteiger charge is -2.23. The summed E-state index contributed by atoms with van der Waals surface area (Å²) >= 11 is 0. The van der Waals surface area contributed by atoms with E-state index in [9.17, 15) is 4.79 Å². The number of nitrogens with one attached hydrogen (secondary N) is 2. The molecule has 2 rings (SSSR count). The van der Waals surface area contributed by atoms with Gasteiger partial charge < -0.3 is 10.3 Å². The number of aromatic amines is 1. The van der Waals surface area contributed by atoms with Crippen LogP contribution in [0.5, 0.6) is 0 Å². The highest BCUT2D eigenvalue weighted by Crippen LogP contribution is 2.21. The average Bonchev–Trinajstić information content (AvgIpc) is 3.00. The maximum Gasteiger partial charge on any atom is 0.269 e. The molecule has 0 saturated heterocycles. The molecule has 0 radical (unpaired) electrons. The number of carbonyl (C=O) groups is 1. The molecule has 102 valence electrons. The molecule has 0 aromatic carbocycles. The molecule has 1 amide bonds. The van der Waals surface area contributed by atoms with Crippen LogP contribution in [0.15, 0.2) is 36.8 Å². The van der Waals surface area contributed by atoms with E-state index in [2.05, 4.69) is 29.1 Å². The van der Waals surface area contributed by atoms with Gasteiger partial charge in [0.2, 0.25) is 0 Å². The fourth-order valence-corrected chi connectivity index (χ4v) is 1.83. The average molecular weight is 268 g/mol. The number of carbonyl (C=O) groups excluding carboxylic acids is 1. The third-order valence-electron chi connectivity index (χ3n) is 3.20. The van der Waals surface area contributed by atoms with Crippen molar-refractivity contribution in [2.45, 2.75) is 19.3 Å². The van der Waals surface area contributed by atoms with E-state index in [1.165, 1.54) is 6.20 Å². The summed E-state index contributed by atoms with van der Waals surface area (Å²) in [7, 11) is 0. The highest BCUT2D eigenvalue weighted by atomic mass is 16.1. The number of nitriles is 1. The molecule has 0 saturated carbocycles. The molecule has 0 atom stereocenters. The van der Waals surface area contributed by atoms with Gasteiger partial charge in [0.25, 0.3) is 5.91 Å². The summed E-state index contributed by atoms with van der Waals surface area (Å²) in [6, 6.07) is 7.10. The standard InChI is InChI=1S/C15H16N4O/c1-15(2,12-5-6-17-9-12)10-19-14(20)13-4-3-11(7-16)8-18-13/h3-6,8-9,17H,10H2,1-2H3,(H,19,20). The molecule has 0 aliphatic rings. The van der Waals surface area contributed by atoms with Gasteiger partial charge in [-0.25, -0.2) is 4.98 Å². The van der Waals surface area contributed by atoms with E-state index >= 15 is 0 Å². The Morgan fingerprint density at radius 2 is 2.25 bits per heavy atom. The molecule has 0 fully saturated rings. The van der Waals surface area contributed by atoms with E-state index < -0.39 is 0 Å². The number of amides is 1. The molecule has 5 nitrogen and oxygen atoms in total. The second kappa shape index (κ2) is 5.57. The van der Waals surface area contributed by atoms with Crippen molar-refractivity contribution in [3.8, 4) is 6.07 Å². The van der Waals surface area contributed by atoms with Crippen molar-refractivity contribution in [3.63, 3.8) is 0 Å². The second-order valence-electron chi connectivity index (χ2n) is 5.21. The van der Waals surface area contributed by atoms with Crippen molar-refractivity contribution in [1.29, 1.82) is 5.26 Å². The Balaban J connectivity index is 2.00. The molecule has 0 unspecified atom stereocenters. The van der Waals surface area contributed by atoms with Crippen molar-refractivity contribution in [2.24, 2.45) is 0 Å². The van der Waals surface area contributed by atoms with Crippen LogP contribution in [-0.2, 0) is 5.41 Å². The smallest absolute Gasteiger partial charge is 0.269 e. The maximum atomic E-state index is 12.0. The molecule has 0 aliphatic heterocycles. The Bertz CT molecular complexity index is 621. The maximum absolute atomic E-state index is 12.0. The molecular formula is C15H16N4O. The normalized spacial score (nSPS) is 10.8. The van der Waals surface area contributed by atoms with Crippen LogP contribution in [0.3, 0.4) is 0 Å². The van der Waals surface area contributed by atoms with Crippen LogP contribution < -0.4 is 5.32 Å². The molecule has 5 heteroatoms. The first kappa shape index (κ1) is 13.8. The molecule has 0 bridgehead atoms. The Morgan fingerprint density at radius 1 is 1.45 bits per heavy atom. The molecular weight excluding hydrogens is 252 g/mol. The summed E-state index contributed by atoms with van der Waals surface area (Å²) in [4.78, 5) is 19.0. The molecule has 0 aliphatic carbocycles. The lowest BCUT2D eigenvalue weighted by molar-refractivity contribution is 0.0940. The minimum absolute atomic E-state index is 0.164. The third kappa shape index (κ3) is 3.04. The number of aromatic nitrogens is 2. The fraction of sp³-hybridized carbons (Fsp3) is 0.267. The van der Waals surface area contributed by atoms with Gasteiger partial charge in [0, 0.05) is 30.6 Å². The van der Waals surface area contributed by atoms with Gasteiger partial charge in [-0.05, 0) is 23.8 Å². The van der Waals surface area contributed by atoms with Crippen molar-refractivity contribution in [1.82, 2.24) is 15.3 Å². The molecule has 20 heavy (non-hydrogen) atoms. The lowest BCUT2D eigenvalue weighted by Crippen LogP contribution is -2.36. The number of rotatable bonds is 4. The Kier molecular flexibility index (Phi) is 3.85. The van der Waals surface area contributed by atoms with Gasteiger partial charge in [0.15, 0.2) is 0 Å². The zero-order valence-corrected chi connectivity index (χ0v) is 11.5. The van der Waals surface area contributed by atoms with Crippen LogP contribution in [0.2, 0.25) is 0 Å². The summed E-state index contributed by atoms with van der Waals surface area (Å²) in [5, 5.41) is 11.6. The summed E-state index contributed by atoms with van der Waals surface area (Å²) in [5.74, 6) is -0.238. The summed E-state index contributed by atoms with van der Waals surface area (Å²) < 4.78 is 0. The zero-order valence-electron chi connectivity index (χ0n) is 11.5. The number of pyridine rings is 1. The quantitative estimate of drug-likeness (QED) is 0.889. The van der Waals surface area contributed by atoms with Crippen molar-refractivity contribution >= 4 is 5.91 Å². The predicted molar refractivity (Wildman–Crippen MR) is 75.1 cm³/mol. The summed E-state index contributed by atoms with van der Waals surface area (Å²) in [6.45, 7) is 4.62. The van der Waals surface area contributed by atoms with Gasteiger partial charge >= 0.3 is 0 Å². The topological polar surface area (TPSA) is 81.6 Å². The van der Waals surface area contributed by atoms with Crippen LogP contribution in [-0.4, -0.2) is 22.4 Å². The van der Waals surface area contributed by atoms with Crippen molar-refractivity contribution in [3.05, 3.63) is 53.6 Å².